The normalized spacial score (nSPS) is 11.0. The Labute approximate surface area is 106 Å². The van der Waals surface area contributed by atoms with Crippen molar-refractivity contribution < 1.29 is 8.78 Å². The maximum absolute atomic E-state index is 14.0. The second-order valence-electron chi connectivity index (χ2n) is 4.82. The van der Waals surface area contributed by atoms with E-state index in [1.54, 1.807) is 25.1 Å². The molecule has 0 aliphatic rings. The van der Waals surface area contributed by atoms with Crippen molar-refractivity contribution in [2.75, 3.05) is 0 Å². The molecule has 0 aliphatic heterocycles. The van der Waals surface area contributed by atoms with E-state index in [1.165, 1.54) is 12.1 Å². The highest BCUT2D eigenvalue weighted by Crippen LogP contribution is 2.32. The molecule has 2 heteroatoms. The molecule has 0 radical (unpaired) electrons. The molecule has 0 spiro atoms. The van der Waals surface area contributed by atoms with Crippen LogP contribution in [0.5, 0.6) is 0 Å². The average molecular weight is 246 g/mol. The van der Waals surface area contributed by atoms with Crippen LogP contribution in [0.3, 0.4) is 0 Å². The molecular formula is C16H16F2. The first-order valence-electron chi connectivity index (χ1n) is 6.05. The van der Waals surface area contributed by atoms with Crippen LogP contribution >= 0.6 is 0 Å². The molecule has 0 heterocycles. The third-order valence-electron chi connectivity index (χ3n) is 3.13. The van der Waals surface area contributed by atoms with Gasteiger partial charge in [-0.05, 0) is 41.7 Å². The van der Waals surface area contributed by atoms with Gasteiger partial charge in [-0.3, -0.25) is 0 Å². The molecule has 0 nitrogen and oxygen atoms in total. The van der Waals surface area contributed by atoms with E-state index in [1.807, 2.05) is 19.9 Å². The highest BCUT2D eigenvalue weighted by molar-refractivity contribution is 5.69. The number of benzene rings is 2. The molecule has 0 saturated carbocycles. The van der Waals surface area contributed by atoms with Crippen molar-refractivity contribution in [3.63, 3.8) is 0 Å². The van der Waals surface area contributed by atoms with E-state index in [2.05, 4.69) is 0 Å². The molecule has 2 rings (SSSR count). The highest BCUT2D eigenvalue weighted by Gasteiger charge is 2.14. The van der Waals surface area contributed by atoms with Crippen molar-refractivity contribution in [2.24, 2.45) is 0 Å². The Hall–Kier alpha value is -1.70. The van der Waals surface area contributed by atoms with E-state index in [4.69, 9.17) is 0 Å². The van der Waals surface area contributed by atoms with Crippen molar-refractivity contribution in [1.82, 2.24) is 0 Å². The predicted octanol–water partition coefficient (Wildman–Crippen LogP) is 5.06. The fourth-order valence-corrected chi connectivity index (χ4v) is 2.07. The molecule has 0 N–H and O–H groups in total. The Balaban J connectivity index is 2.66. The van der Waals surface area contributed by atoms with Crippen molar-refractivity contribution in [3.05, 3.63) is 59.2 Å². The molecule has 0 aliphatic carbocycles. The monoisotopic (exact) mass is 246 g/mol. The van der Waals surface area contributed by atoms with Gasteiger partial charge in [0.15, 0.2) is 0 Å². The lowest BCUT2D eigenvalue weighted by molar-refractivity contribution is 0.616. The zero-order valence-electron chi connectivity index (χ0n) is 10.8. The van der Waals surface area contributed by atoms with Crippen molar-refractivity contribution in [2.45, 2.75) is 26.7 Å². The summed E-state index contributed by atoms with van der Waals surface area (Å²) in [5.41, 5.74) is 2.57. The summed E-state index contributed by atoms with van der Waals surface area (Å²) < 4.78 is 27.6. The van der Waals surface area contributed by atoms with E-state index in [9.17, 15) is 8.78 Å². The Morgan fingerprint density at radius 3 is 2.28 bits per heavy atom. The molecule has 0 amide bonds. The van der Waals surface area contributed by atoms with Crippen LogP contribution < -0.4 is 0 Å². The van der Waals surface area contributed by atoms with Crippen LogP contribution in [0.2, 0.25) is 0 Å². The molecule has 2 aromatic rings. The first-order valence-corrected chi connectivity index (χ1v) is 6.05. The van der Waals surface area contributed by atoms with Crippen LogP contribution in [0.1, 0.15) is 30.9 Å². The van der Waals surface area contributed by atoms with Gasteiger partial charge in [-0.25, -0.2) is 8.78 Å². The second-order valence-corrected chi connectivity index (χ2v) is 4.82. The maximum Gasteiger partial charge on any atom is 0.131 e. The van der Waals surface area contributed by atoms with Gasteiger partial charge in [-0.1, -0.05) is 38.1 Å². The lowest BCUT2D eigenvalue weighted by Gasteiger charge is -2.14. The number of hydrogen-bond donors (Lipinski definition) is 0. The van der Waals surface area contributed by atoms with E-state index >= 15 is 0 Å². The number of aryl methyl sites for hydroxylation is 1. The summed E-state index contributed by atoms with van der Waals surface area (Å²) in [7, 11) is 0. The summed E-state index contributed by atoms with van der Waals surface area (Å²) in [6, 6.07) is 9.85. The Morgan fingerprint density at radius 2 is 1.67 bits per heavy atom. The van der Waals surface area contributed by atoms with Crippen molar-refractivity contribution in [3.8, 4) is 11.1 Å². The number of hydrogen-bond acceptors (Lipinski definition) is 0. The summed E-state index contributed by atoms with van der Waals surface area (Å²) in [6.45, 7) is 5.70. The topological polar surface area (TPSA) is 0 Å². The molecule has 0 atom stereocenters. The predicted molar refractivity (Wildman–Crippen MR) is 70.6 cm³/mol. The quantitative estimate of drug-likeness (QED) is 0.694. The van der Waals surface area contributed by atoms with Gasteiger partial charge in [-0.2, -0.15) is 0 Å². The smallest absolute Gasteiger partial charge is 0.131 e. The summed E-state index contributed by atoms with van der Waals surface area (Å²) >= 11 is 0. The fraction of sp³-hybridized carbons (Fsp3) is 0.250. The van der Waals surface area contributed by atoms with Gasteiger partial charge in [-0.15, -0.1) is 0 Å². The van der Waals surface area contributed by atoms with Gasteiger partial charge in [0, 0.05) is 5.56 Å². The van der Waals surface area contributed by atoms with Crippen molar-refractivity contribution >= 4 is 0 Å². The molecule has 0 fully saturated rings. The van der Waals surface area contributed by atoms with E-state index in [0.717, 1.165) is 5.56 Å². The molecule has 2 aromatic carbocycles. The van der Waals surface area contributed by atoms with Crippen LogP contribution in [0.25, 0.3) is 11.1 Å². The third kappa shape index (κ3) is 2.28. The maximum atomic E-state index is 14.0. The number of halogens is 2. The van der Waals surface area contributed by atoms with Gasteiger partial charge in [0.1, 0.15) is 11.6 Å². The molecule has 18 heavy (non-hydrogen) atoms. The van der Waals surface area contributed by atoms with Gasteiger partial charge in [0.25, 0.3) is 0 Å². The lowest BCUT2D eigenvalue weighted by atomic mass is 9.92. The molecular weight excluding hydrogens is 230 g/mol. The summed E-state index contributed by atoms with van der Waals surface area (Å²) in [6.07, 6.45) is 0. The first-order chi connectivity index (χ1) is 8.50. The fourth-order valence-electron chi connectivity index (χ4n) is 2.07. The van der Waals surface area contributed by atoms with Gasteiger partial charge < -0.3 is 0 Å². The zero-order chi connectivity index (χ0) is 13.3. The molecule has 0 saturated heterocycles. The minimum absolute atomic E-state index is 0.195. The Bertz CT molecular complexity index is 571. The molecule has 0 bridgehead atoms. The highest BCUT2D eigenvalue weighted by atomic mass is 19.1. The zero-order valence-corrected chi connectivity index (χ0v) is 10.8. The largest absolute Gasteiger partial charge is 0.207 e. The first kappa shape index (κ1) is 12.7. The standard InChI is InChI=1S/C16H16F2/c1-10(2)13-5-4-6-14(17)16(13)12-8-7-11(3)15(18)9-12/h4-10H,1-3H3. The van der Waals surface area contributed by atoms with Gasteiger partial charge >= 0.3 is 0 Å². The second kappa shape index (κ2) is 4.89. The van der Waals surface area contributed by atoms with Crippen LogP contribution in [0.15, 0.2) is 36.4 Å². The van der Waals surface area contributed by atoms with E-state index in [0.29, 0.717) is 16.7 Å². The third-order valence-corrected chi connectivity index (χ3v) is 3.13. The van der Waals surface area contributed by atoms with Crippen LogP contribution in [0.4, 0.5) is 8.78 Å². The molecule has 0 aromatic heterocycles. The molecule has 94 valence electrons. The SMILES string of the molecule is Cc1ccc(-c2c(F)cccc2C(C)C)cc1F. The van der Waals surface area contributed by atoms with Gasteiger partial charge in [0.05, 0.1) is 0 Å². The van der Waals surface area contributed by atoms with Crippen LogP contribution in [-0.2, 0) is 0 Å². The summed E-state index contributed by atoms with van der Waals surface area (Å²) in [4.78, 5) is 0. The minimum atomic E-state index is -0.301. The van der Waals surface area contributed by atoms with Crippen molar-refractivity contribution in [1.29, 1.82) is 0 Å². The van der Waals surface area contributed by atoms with Crippen LogP contribution in [-0.4, -0.2) is 0 Å². The van der Waals surface area contributed by atoms with Gasteiger partial charge in [0.2, 0.25) is 0 Å². The van der Waals surface area contributed by atoms with Crippen LogP contribution in [0, 0.1) is 18.6 Å². The lowest BCUT2D eigenvalue weighted by Crippen LogP contribution is -1.96. The van der Waals surface area contributed by atoms with E-state index in [-0.39, 0.29) is 17.6 Å². The van der Waals surface area contributed by atoms with E-state index < -0.39 is 0 Å². The average Bonchev–Trinajstić information content (AvgIpc) is 2.32. The summed E-state index contributed by atoms with van der Waals surface area (Å²) in [5, 5.41) is 0. The number of rotatable bonds is 2. The molecule has 0 unspecified atom stereocenters. The Kier molecular flexibility index (Phi) is 3.46. The summed E-state index contributed by atoms with van der Waals surface area (Å²) in [5.74, 6) is -0.407. The minimum Gasteiger partial charge on any atom is -0.207 e. The Morgan fingerprint density at radius 1 is 0.944 bits per heavy atom.